The summed E-state index contributed by atoms with van der Waals surface area (Å²) in [6, 6.07) is 4.57. The van der Waals surface area contributed by atoms with Gasteiger partial charge in [0, 0.05) is 11.1 Å². The molecular weight excluding hydrogens is 172 g/mol. The highest BCUT2D eigenvalue weighted by atomic mass is 14.3. The molecule has 0 aliphatic heterocycles. The van der Waals surface area contributed by atoms with Crippen molar-refractivity contribution in [1.82, 2.24) is 0 Å². The summed E-state index contributed by atoms with van der Waals surface area (Å²) in [5, 5.41) is 18.0. The van der Waals surface area contributed by atoms with Crippen molar-refractivity contribution >= 4 is 0 Å². The summed E-state index contributed by atoms with van der Waals surface area (Å²) in [5.74, 6) is 0. The molecule has 0 aromatic carbocycles. The second-order valence-electron chi connectivity index (χ2n) is 3.84. The van der Waals surface area contributed by atoms with E-state index in [4.69, 9.17) is 10.5 Å². The lowest BCUT2D eigenvalue weighted by molar-refractivity contribution is 0.688. The first-order chi connectivity index (χ1) is 6.86. The average molecular weight is 184 g/mol. The third-order valence-electron chi connectivity index (χ3n) is 3.07. The molecule has 0 unspecified atom stereocenters. The Bertz CT molecular complexity index is 359. The van der Waals surface area contributed by atoms with Gasteiger partial charge in [-0.3, -0.25) is 0 Å². The highest BCUT2D eigenvalue weighted by molar-refractivity contribution is 5.50. The summed E-state index contributed by atoms with van der Waals surface area (Å²) in [4.78, 5) is 0. The molecule has 2 aliphatic carbocycles. The third kappa shape index (κ3) is 1.34. The lowest BCUT2D eigenvalue weighted by Crippen LogP contribution is -2.09. The fourth-order valence-corrected chi connectivity index (χ4v) is 2.40. The van der Waals surface area contributed by atoms with Gasteiger partial charge < -0.3 is 0 Å². The Morgan fingerprint density at radius 1 is 0.714 bits per heavy atom. The second kappa shape index (κ2) is 3.68. The van der Waals surface area contributed by atoms with Gasteiger partial charge >= 0.3 is 0 Å². The molecule has 0 saturated carbocycles. The molecule has 2 aliphatic rings. The fraction of sp³-hybridized carbons (Fsp3) is 0.500. The minimum atomic E-state index is 0.911. The molecule has 0 saturated heterocycles. The molecule has 70 valence electrons. The fourth-order valence-electron chi connectivity index (χ4n) is 2.40. The number of nitrogens with zero attached hydrogens (tertiary/aromatic N) is 2. The largest absolute Gasteiger partial charge is 0.193 e. The molecule has 0 amide bonds. The third-order valence-corrected chi connectivity index (χ3v) is 3.07. The SMILES string of the molecule is N#CC1=C2CCCC(C#N)=C2CCC1. The summed E-state index contributed by atoms with van der Waals surface area (Å²) in [6.07, 6.45) is 5.90. The molecule has 0 fully saturated rings. The van der Waals surface area contributed by atoms with Gasteiger partial charge in [0.1, 0.15) is 0 Å². The van der Waals surface area contributed by atoms with Crippen molar-refractivity contribution < 1.29 is 0 Å². The van der Waals surface area contributed by atoms with Gasteiger partial charge in [-0.2, -0.15) is 10.5 Å². The highest BCUT2D eigenvalue weighted by Gasteiger charge is 2.23. The van der Waals surface area contributed by atoms with Gasteiger partial charge in [-0.1, -0.05) is 0 Å². The van der Waals surface area contributed by atoms with E-state index in [2.05, 4.69) is 12.1 Å². The minimum Gasteiger partial charge on any atom is -0.193 e. The van der Waals surface area contributed by atoms with Gasteiger partial charge in [0.25, 0.3) is 0 Å². The van der Waals surface area contributed by atoms with E-state index in [0.29, 0.717) is 0 Å². The molecule has 0 N–H and O–H groups in total. The van der Waals surface area contributed by atoms with Gasteiger partial charge in [-0.25, -0.2) is 0 Å². The van der Waals surface area contributed by atoms with E-state index in [1.54, 1.807) is 0 Å². The first kappa shape index (κ1) is 9.03. The van der Waals surface area contributed by atoms with Crippen LogP contribution in [-0.4, -0.2) is 0 Å². The zero-order valence-electron chi connectivity index (χ0n) is 8.14. The summed E-state index contributed by atoms with van der Waals surface area (Å²) < 4.78 is 0. The van der Waals surface area contributed by atoms with Crippen molar-refractivity contribution in [2.24, 2.45) is 0 Å². The average Bonchev–Trinajstić information content (AvgIpc) is 2.27. The van der Waals surface area contributed by atoms with Crippen LogP contribution >= 0.6 is 0 Å². The van der Waals surface area contributed by atoms with E-state index in [1.807, 2.05) is 0 Å². The number of hydrogen-bond acceptors (Lipinski definition) is 2. The minimum absolute atomic E-state index is 0.911. The van der Waals surface area contributed by atoms with Crippen LogP contribution in [0.1, 0.15) is 38.5 Å². The van der Waals surface area contributed by atoms with Gasteiger partial charge in [0.2, 0.25) is 0 Å². The van der Waals surface area contributed by atoms with E-state index < -0.39 is 0 Å². The Morgan fingerprint density at radius 2 is 1.14 bits per heavy atom. The normalized spacial score (nSPS) is 21.3. The van der Waals surface area contributed by atoms with Crippen molar-refractivity contribution in [3.63, 3.8) is 0 Å². The van der Waals surface area contributed by atoms with E-state index in [1.165, 1.54) is 11.1 Å². The molecule has 14 heavy (non-hydrogen) atoms. The van der Waals surface area contributed by atoms with Crippen LogP contribution in [0.2, 0.25) is 0 Å². The summed E-state index contributed by atoms with van der Waals surface area (Å²) >= 11 is 0. The quantitative estimate of drug-likeness (QED) is 0.581. The van der Waals surface area contributed by atoms with Crippen LogP contribution in [0.15, 0.2) is 22.3 Å². The lowest BCUT2D eigenvalue weighted by Gasteiger charge is -2.25. The smallest absolute Gasteiger partial charge is 0.0950 e. The van der Waals surface area contributed by atoms with Gasteiger partial charge in [0.15, 0.2) is 0 Å². The van der Waals surface area contributed by atoms with Crippen LogP contribution in [0.3, 0.4) is 0 Å². The maximum Gasteiger partial charge on any atom is 0.0950 e. The van der Waals surface area contributed by atoms with E-state index >= 15 is 0 Å². The molecular formula is C12H12N2. The molecule has 0 heterocycles. The molecule has 0 spiro atoms. The number of hydrogen-bond donors (Lipinski definition) is 0. The summed E-state index contributed by atoms with van der Waals surface area (Å²) in [6.45, 7) is 0. The number of allylic oxidation sites excluding steroid dienone is 4. The number of rotatable bonds is 0. The topological polar surface area (TPSA) is 47.6 Å². The van der Waals surface area contributed by atoms with Crippen molar-refractivity contribution in [2.75, 3.05) is 0 Å². The Labute approximate surface area is 84.1 Å². The van der Waals surface area contributed by atoms with Crippen molar-refractivity contribution in [1.29, 1.82) is 10.5 Å². The van der Waals surface area contributed by atoms with E-state index in [0.717, 1.165) is 49.7 Å². The molecule has 0 radical (unpaired) electrons. The molecule has 2 heteroatoms. The van der Waals surface area contributed by atoms with Crippen LogP contribution in [0, 0.1) is 22.7 Å². The summed E-state index contributed by atoms with van der Waals surface area (Å²) in [5.41, 5.74) is 4.25. The lowest BCUT2D eigenvalue weighted by atomic mass is 9.78. The Kier molecular flexibility index (Phi) is 2.37. The maximum absolute atomic E-state index is 8.98. The Hall–Kier alpha value is -1.54. The second-order valence-corrected chi connectivity index (χ2v) is 3.84. The van der Waals surface area contributed by atoms with Crippen LogP contribution in [0.5, 0.6) is 0 Å². The van der Waals surface area contributed by atoms with Crippen molar-refractivity contribution in [3.8, 4) is 12.1 Å². The van der Waals surface area contributed by atoms with Crippen molar-refractivity contribution in [2.45, 2.75) is 38.5 Å². The van der Waals surface area contributed by atoms with E-state index in [9.17, 15) is 0 Å². The monoisotopic (exact) mass is 184 g/mol. The predicted octanol–water partition coefficient (Wildman–Crippen LogP) is 2.99. The Morgan fingerprint density at radius 3 is 1.50 bits per heavy atom. The van der Waals surface area contributed by atoms with Crippen molar-refractivity contribution in [3.05, 3.63) is 22.3 Å². The molecule has 0 aromatic rings. The van der Waals surface area contributed by atoms with Crippen LogP contribution in [-0.2, 0) is 0 Å². The standard InChI is InChI=1S/C12H12N2/c13-7-9-3-1-5-11-10(8-14)4-2-6-12(9)11/h1-6H2. The molecule has 0 atom stereocenters. The van der Waals surface area contributed by atoms with Gasteiger partial charge in [-0.05, 0) is 49.7 Å². The maximum atomic E-state index is 8.98. The summed E-state index contributed by atoms with van der Waals surface area (Å²) in [7, 11) is 0. The zero-order chi connectivity index (χ0) is 9.97. The molecule has 0 aromatic heterocycles. The van der Waals surface area contributed by atoms with Gasteiger partial charge in [-0.15, -0.1) is 0 Å². The number of nitriles is 2. The van der Waals surface area contributed by atoms with Gasteiger partial charge in [0.05, 0.1) is 12.1 Å². The zero-order valence-corrected chi connectivity index (χ0v) is 8.14. The van der Waals surface area contributed by atoms with Crippen LogP contribution in [0.25, 0.3) is 0 Å². The highest BCUT2D eigenvalue weighted by Crippen LogP contribution is 2.39. The molecule has 0 bridgehead atoms. The van der Waals surface area contributed by atoms with E-state index in [-0.39, 0.29) is 0 Å². The van der Waals surface area contributed by atoms with Crippen LogP contribution < -0.4 is 0 Å². The van der Waals surface area contributed by atoms with Crippen LogP contribution in [0.4, 0.5) is 0 Å². The predicted molar refractivity (Wildman–Crippen MR) is 53.0 cm³/mol. The first-order valence-electron chi connectivity index (χ1n) is 5.11. The Balaban J connectivity index is 2.53. The molecule has 2 nitrogen and oxygen atoms in total. The first-order valence-corrected chi connectivity index (χ1v) is 5.11. The number of fused-ring (bicyclic) bond motifs is 1. The molecule has 2 rings (SSSR count).